The van der Waals surface area contributed by atoms with Gasteiger partial charge in [0.05, 0.1) is 5.75 Å². The Kier molecular flexibility index (Phi) is 6.70. The van der Waals surface area contributed by atoms with Crippen LogP contribution in [0.4, 0.5) is 0 Å². The van der Waals surface area contributed by atoms with Crippen molar-refractivity contribution >= 4 is 15.9 Å². The van der Waals surface area contributed by atoms with Crippen LogP contribution in [0.25, 0.3) is 0 Å². The number of rotatable bonds is 7. The van der Waals surface area contributed by atoms with Crippen LogP contribution in [0.5, 0.6) is 0 Å². The van der Waals surface area contributed by atoms with Crippen LogP contribution >= 0.6 is 0 Å². The molecule has 1 aliphatic rings. The van der Waals surface area contributed by atoms with Gasteiger partial charge in [-0.2, -0.15) is 4.31 Å². The second-order valence-corrected chi connectivity index (χ2v) is 6.96. The molecule has 1 saturated heterocycles. The van der Waals surface area contributed by atoms with Gasteiger partial charge in [0.1, 0.15) is 0 Å². The predicted octanol–water partition coefficient (Wildman–Crippen LogP) is -1.71. The molecule has 0 aromatic heterocycles. The maximum atomic E-state index is 12.0. The monoisotopic (exact) mass is 292 g/mol. The molecule has 8 heteroatoms. The average Bonchev–Trinajstić information content (AvgIpc) is 2.37. The van der Waals surface area contributed by atoms with Crippen LogP contribution in [0.15, 0.2) is 0 Å². The van der Waals surface area contributed by atoms with Gasteiger partial charge >= 0.3 is 0 Å². The van der Waals surface area contributed by atoms with Crippen LogP contribution < -0.4 is 10.6 Å². The fourth-order valence-electron chi connectivity index (χ4n) is 1.78. The molecule has 1 aliphatic heterocycles. The molecule has 1 heterocycles. The molecule has 0 spiro atoms. The Morgan fingerprint density at radius 2 is 1.95 bits per heavy atom. The number of likely N-dealkylation sites (N-methyl/N-ethyl adjacent to an activating group) is 1. The van der Waals surface area contributed by atoms with E-state index >= 15 is 0 Å². The van der Waals surface area contributed by atoms with E-state index in [0.29, 0.717) is 32.7 Å². The number of carbonyl (C=O) groups excluding carboxylic acids is 1. The van der Waals surface area contributed by atoms with Gasteiger partial charge in [0.15, 0.2) is 0 Å². The van der Waals surface area contributed by atoms with Gasteiger partial charge in [0, 0.05) is 45.7 Å². The highest BCUT2D eigenvalue weighted by Crippen LogP contribution is 2.04. The SMILES string of the molecule is CN(C)CCNC(=O)CCS(=O)(=O)N1CCNCC1. The summed E-state index contributed by atoms with van der Waals surface area (Å²) in [7, 11) is 0.538. The van der Waals surface area contributed by atoms with Crippen LogP contribution in [0, 0.1) is 0 Å². The van der Waals surface area contributed by atoms with Crippen LogP contribution in [0.3, 0.4) is 0 Å². The van der Waals surface area contributed by atoms with Gasteiger partial charge < -0.3 is 15.5 Å². The molecule has 0 atom stereocenters. The molecular formula is C11H24N4O3S. The maximum absolute atomic E-state index is 12.0. The van der Waals surface area contributed by atoms with Gasteiger partial charge in [0.25, 0.3) is 0 Å². The van der Waals surface area contributed by atoms with E-state index in [4.69, 9.17) is 0 Å². The molecule has 112 valence electrons. The summed E-state index contributed by atoms with van der Waals surface area (Å²) < 4.78 is 25.4. The molecule has 0 aromatic rings. The third kappa shape index (κ3) is 6.33. The predicted molar refractivity (Wildman–Crippen MR) is 74.4 cm³/mol. The average molecular weight is 292 g/mol. The zero-order valence-electron chi connectivity index (χ0n) is 11.7. The zero-order chi connectivity index (χ0) is 14.3. The van der Waals surface area contributed by atoms with E-state index < -0.39 is 10.0 Å². The minimum atomic E-state index is -3.30. The van der Waals surface area contributed by atoms with Crippen LogP contribution in [0.2, 0.25) is 0 Å². The lowest BCUT2D eigenvalue weighted by atomic mass is 10.4. The first-order chi connectivity index (χ1) is 8.92. The van der Waals surface area contributed by atoms with E-state index in [9.17, 15) is 13.2 Å². The highest BCUT2D eigenvalue weighted by Gasteiger charge is 2.24. The van der Waals surface area contributed by atoms with Crippen molar-refractivity contribution in [3.8, 4) is 0 Å². The van der Waals surface area contributed by atoms with Crippen molar-refractivity contribution in [3.05, 3.63) is 0 Å². The van der Waals surface area contributed by atoms with Gasteiger partial charge in [-0.1, -0.05) is 0 Å². The smallest absolute Gasteiger partial charge is 0.221 e. The van der Waals surface area contributed by atoms with E-state index in [1.54, 1.807) is 0 Å². The maximum Gasteiger partial charge on any atom is 0.221 e. The lowest BCUT2D eigenvalue weighted by Crippen LogP contribution is -2.47. The second-order valence-electron chi connectivity index (χ2n) is 4.87. The lowest BCUT2D eigenvalue weighted by molar-refractivity contribution is -0.120. The first-order valence-corrected chi connectivity index (χ1v) is 8.13. The topological polar surface area (TPSA) is 81.8 Å². The fourth-order valence-corrected chi connectivity index (χ4v) is 3.22. The summed E-state index contributed by atoms with van der Waals surface area (Å²) in [5.74, 6) is -0.318. The highest BCUT2D eigenvalue weighted by molar-refractivity contribution is 7.89. The lowest BCUT2D eigenvalue weighted by Gasteiger charge is -2.26. The Hall–Kier alpha value is -0.700. The minimum absolute atomic E-state index is 0.0275. The molecule has 0 radical (unpaired) electrons. The Morgan fingerprint density at radius 1 is 1.32 bits per heavy atom. The van der Waals surface area contributed by atoms with Gasteiger partial charge in [-0.15, -0.1) is 0 Å². The second kappa shape index (κ2) is 7.78. The van der Waals surface area contributed by atoms with E-state index in [0.717, 1.165) is 6.54 Å². The van der Waals surface area contributed by atoms with Crippen molar-refractivity contribution in [2.24, 2.45) is 0 Å². The normalized spacial score (nSPS) is 17.6. The molecule has 2 N–H and O–H groups in total. The quantitative estimate of drug-likeness (QED) is 0.584. The number of amides is 1. The molecule has 0 aliphatic carbocycles. The van der Waals surface area contributed by atoms with E-state index in [-0.39, 0.29) is 18.1 Å². The summed E-state index contributed by atoms with van der Waals surface area (Å²) in [6, 6.07) is 0. The van der Waals surface area contributed by atoms with Crippen LogP contribution in [-0.2, 0) is 14.8 Å². The summed E-state index contributed by atoms with van der Waals surface area (Å²) in [6.07, 6.45) is 0.0275. The first kappa shape index (κ1) is 16.4. The standard InChI is InChI=1S/C11H24N4O3S/c1-14(2)7-6-13-11(16)3-10-19(17,18)15-8-4-12-5-9-15/h12H,3-10H2,1-2H3,(H,13,16). The van der Waals surface area contributed by atoms with Crippen LogP contribution in [0.1, 0.15) is 6.42 Å². The number of carbonyl (C=O) groups is 1. The Bertz CT molecular complexity index is 377. The third-order valence-corrected chi connectivity index (χ3v) is 4.81. The molecule has 7 nitrogen and oxygen atoms in total. The molecule has 0 aromatic carbocycles. The molecule has 0 saturated carbocycles. The number of hydrogen-bond donors (Lipinski definition) is 2. The largest absolute Gasteiger partial charge is 0.355 e. The summed E-state index contributed by atoms with van der Waals surface area (Å²) in [4.78, 5) is 13.5. The van der Waals surface area contributed by atoms with E-state index in [1.165, 1.54) is 4.31 Å². The fraction of sp³-hybridized carbons (Fsp3) is 0.909. The Balaban J connectivity index is 2.28. The summed E-state index contributed by atoms with van der Waals surface area (Å²) in [5.41, 5.74) is 0. The molecule has 1 amide bonds. The van der Waals surface area contributed by atoms with Crippen molar-refractivity contribution in [2.45, 2.75) is 6.42 Å². The number of nitrogens with one attached hydrogen (secondary N) is 2. The van der Waals surface area contributed by atoms with E-state index in [1.807, 2.05) is 19.0 Å². The molecule has 0 unspecified atom stereocenters. The van der Waals surface area contributed by atoms with E-state index in [2.05, 4.69) is 10.6 Å². The van der Waals surface area contributed by atoms with Gasteiger partial charge in [-0.25, -0.2) is 8.42 Å². The first-order valence-electron chi connectivity index (χ1n) is 6.52. The summed E-state index contributed by atoms with van der Waals surface area (Å²) in [6.45, 7) is 3.62. The molecular weight excluding hydrogens is 268 g/mol. The number of sulfonamides is 1. The van der Waals surface area contributed by atoms with Crippen molar-refractivity contribution in [3.63, 3.8) is 0 Å². The number of piperazine rings is 1. The van der Waals surface area contributed by atoms with Gasteiger partial charge in [0.2, 0.25) is 15.9 Å². The molecule has 1 rings (SSSR count). The Morgan fingerprint density at radius 3 is 2.53 bits per heavy atom. The van der Waals surface area contributed by atoms with Crippen molar-refractivity contribution in [2.75, 3.05) is 59.1 Å². The minimum Gasteiger partial charge on any atom is -0.355 e. The highest BCUT2D eigenvalue weighted by atomic mass is 32.2. The number of nitrogens with zero attached hydrogens (tertiary/aromatic N) is 2. The van der Waals surface area contributed by atoms with Gasteiger partial charge in [-0.3, -0.25) is 4.79 Å². The zero-order valence-corrected chi connectivity index (χ0v) is 12.5. The van der Waals surface area contributed by atoms with Crippen LogP contribution in [-0.4, -0.2) is 82.6 Å². The number of hydrogen-bond acceptors (Lipinski definition) is 5. The molecule has 0 bridgehead atoms. The summed E-state index contributed by atoms with van der Waals surface area (Å²) >= 11 is 0. The van der Waals surface area contributed by atoms with Crippen molar-refractivity contribution in [1.29, 1.82) is 0 Å². The van der Waals surface area contributed by atoms with Crippen molar-refractivity contribution in [1.82, 2.24) is 19.8 Å². The Labute approximate surface area is 115 Å². The van der Waals surface area contributed by atoms with Gasteiger partial charge in [-0.05, 0) is 14.1 Å². The summed E-state index contributed by atoms with van der Waals surface area (Å²) in [5, 5.41) is 5.81. The molecule has 19 heavy (non-hydrogen) atoms. The van der Waals surface area contributed by atoms with Crippen molar-refractivity contribution < 1.29 is 13.2 Å². The molecule has 1 fully saturated rings. The third-order valence-electron chi connectivity index (χ3n) is 2.94.